The smallest absolute Gasteiger partial charge is 0.254 e. The van der Waals surface area contributed by atoms with Gasteiger partial charge in [0.1, 0.15) is 5.75 Å². The van der Waals surface area contributed by atoms with Crippen LogP contribution in [0.25, 0.3) is 6.08 Å². The van der Waals surface area contributed by atoms with Crippen LogP contribution in [-0.4, -0.2) is 47.6 Å². The highest BCUT2D eigenvalue weighted by Gasteiger charge is 2.27. The second-order valence-corrected chi connectivity index (χ2v) is 8.03. The van der Waals surface area contributed by atoms with Crippen molar-refractivity contribution in [2.24, 2.45) is 0 Å². The molecule has 0 aromatic heterocycles. The van der Waals surface area contributed by atoms with Crippen LogP contribution in [0.4, 0.5) is 5.69 Å². The first-order valence-electron chi connectivity index (χ1n) is 10.9. The lowest BCUT2D eigenvalue weighted by atomic mass is 9.98. The molecule has 0 saturated carbocycles. The molecule has 1 fully saturated rings. The molecule has 0 spiro atoms. The van der Waals surface area contributed by atoms with Gasteiger partial charge in [0, 0.05) is 42.9 Å². The topological polar surface area (TPSA) is 78.9 Å². The molecule has 162 valence electrons. The highest BCUT2D eigenvalue weighted by atomic mass is 16.5. The summed E-state index contributed by atoms with van der Waals surface area (Å²) in [7, 11) is 0. The molecule has 6 nitrogen and oxygen atoms in total. The molecule has 2 heterocycles. The summed E-state index contributed by atoms with van der Waals surface area (Å²) in [6.07, 6.45) is 7.73. The van der Waals surface area contributed by atoms with Crippen LogP contribution in [0.15, 0.2) is 48.5 Å². The highest BCUT2D eigenvalue weighted by molar-refractivity contribution is 6.03. The Bertz CT molecular complexity index is 983. The molecule has 0 bridgehead atoms. The maximum absolute atomic E-state index is 13.0. The highest BCUT2D eigenvalue weighted by Crippen LogP contribution is 2.26. The number of ether oxygens (including phenoxy) is 1. The lowest BCUT2D eigenvalue weighted by molar-refractivity contribution is -0.111. The average Bonchev–Trinajstić information content (AvgIpc) is 3.26. The number of hydrogen-bond donors (Lipinski definition) is 2. The number of anilines is 1. The molecule has 2 amide bonds. The van der Waals surface area contributed by atoms with E-state index in [2.05, 4.69) is 5.32 Å². The van der Waals surface area contributed by atoms with Crippen molar-refractivity contribution in [1.82, 2.24) is 4.90 Å². The molecule has 2 N–H and O–H groups in total. The van der Waals surface area contributed by atoms with E-state index in [1.165, 1.54) is 6.08 Å². The van der Waals surface area contributed by atoms with E-state index in [-0.39, 0.29) is 24.5 Å². The number of benzene rings is 2. The Labute approximate surface area is 182 Å². The Morgan fingerprint density at radius 2 is 2.10 bits per heavy atom. The summed E-state index contributed by atoms with van der Waals surface area (Å²) in [6, 6.07) is 13.0. The number of carbonyl (C=O) groups excluding carboxylic acids is 2. The fourth-order valence-electron chi connectivity index (χ4n) is 4.28. The van der Waals surface area contributed by atoms with E-state index >= 15 is 0 Å². The van der Waals surface area contributed by atoms with Gasteiger partial charge in [-0.1, -0.05) is 12.1 Å². The van der Waals surface area contributed by atoms with Crippen LogP contribution in [0.1, 0.15) is 47.2 Å². The minimum Gasteiger partial charge on any atom is -0.493 e. The zero-order chi connectivity index (χ0) is 21.6. The van der Waals surface area contributed by atoms with Gasteiger partial charge >= 0.3 is 0 Å². The zero-order valence-electron chi connectivity index (χ0n) is 17.5. The second-order valence-electron chi connectivity index (χ2n) is 8.03. The van der Waals surface area contributed by atoms with Gasteiger partial charge in [-0.05, 0) is 73.2 Å². The predicted molar refractivity (Wildman–Crippen MR) is 120 cm³/mol. The third-order valence-corrected chi connectivity index (χ3v) is 5.87. The summed E-state index contributed by atoms with van der Waals surface area (Å²) in [6.45, 7) is 1.49. The minimum absolute atomic E-state index is 0.0508. The normalized spacial score (nSPS) is 18.0. The fourth-order valence-corrected chi connectivity index (χ4v) is 4.28. The summed E-state index contributed by atoms with van der Waals surface area (Å²) in [5.41, 5.74) is 3.23. The Morgan fingerprint density at radius 3 is 2.97 bits per heavy atom. The van der Waals surface area contributed by atoms with Gasteiger partial charge in [0.2, 0.25) is 5.91 Å². The number of likely N-dealkylation sites (tertiary alicyclic amines) is 1. The number of rotatable bonds is 6. The molecule has 1 saturated heterocycles. The Morgan fingerprint density at radius 1 is 1.19 bits per heavy atom. The van der Waals surface area contributed by atoms with E-state index in [4.69, 9.17) is 4.74 Å². The average molecular weight is 421 g/mol. The number of amides is 2. The van der Waals surface area contributed by atoms with Gasteiger partial charge in [0.15, 0.2) is 0 Å². The fraction of sp³-hybridized carbons (Fsp3) is 0.360. The molecular formula is C25H28N2O4. The molecule has 0 aliphatic carbocycles. The third kappa shape index (κ3) is 5.14. The second kappa shape index (κ2) is 9.79. The largest absolute Gasteiger partial charge is 0.493 e. The standard InChI is InChI=1S/C25H28N2O4/c28-14-11-22-6-1-2-13-27(22)25(30)20-4-3-5-21(17-20)26-24(29)10-8-18-7-9-23-19(16-18)12-15-31-23/h3-5,7-10,16-17,22,28H,1-2,6,11-15H2,(H,26,29). The van der Waals surface area contributed by atoms with Crippen molar-refractivity contribution in [3.05, 3.63) is 65.2 Å². The maximum atomic E-state index is 13.0. The number of piperidine rings is 1. The molecule has 2 aliphatic rings. The summed E-state index contributed by atoms with van der Waals surface area (Å²) in [5.74, 6) is 0.612. The van der Waals surface area contributed by atoms with Crippen LogP contribution in [0, 0.1) is 0 Å². The molecule has 4 rings (SSSR count). The van der Waals surface area contributed by atoms with E-state index in [1.807, 2.05) is 23.1 Å². The van der Waals surface area contributed by atoms with Gasteiger partial charge in [-0.2, -0.15) is 0 Å². The van der Waals surface area contributed by atoms with E-state index in [0.717, 1.165) is 42.6 Å². The lowest BCUT2D eigenvalue weighted by Crippen LogP contribution is -2.44. The van der Waals surface area contributed by atoms with Gasteiger partial charge in [0.25, 0.3) is 5.91 Å². The van der Waals surface area contributed by atoms with Gasteiger partial charge in [0.05, 0.1) is 6.61 Å². The first-order valence-corrected chi connectivity index (χ1v) is 10.9. The van der Waals surface area contributed by atoms with Gasteiger partial charge < -0.3 is 20.1 Å². The quantitative estimate of drug-likeness (QED) is 0.700. The first-order chi connectivity index (χ1) is 15.1. The Kier molecular flexibility index (Phi) is 6.67. The molecule has 1 unspecified atom stereocenters. The van der Waals surface area contributed by atoms with Crippen molar-refractivity contribution < 1.29 is 19.4 Å². The first kappa shape index (κ1) is 21.1. The summed E-state index contributed by atoms with van der Waals surface area (Å²) in [4.78, 5) is 27.3. The van der Waals surface area contributed by atoms with Crippen LogP contribution in [0.3, 0.4) is 0 Å². The molecule has 2 aliphatic heterocycles. The van der Waals surface area contributed by atoms with Crippen molar-refractivity contribution in [3.8, 4) is 5.75 Å². The van der Waals surface area contributed by atoms with Gasteiger partial charge in [-0.3, -0.25) is 9.59 Å². The number of fused-ring (bicyclic) bond motifs is 1. The predicted octanol–water partition coefficient (Wildman–Crippen LogP) is 3.65. The molecule has 2 aromatic carbocycles. The molecular weight excluding hydrogens is 392 g/mol. The van der Waals surface area contributed by atoms with Gasteiger partial charge in [-0.15, -0.1) is 0 Å². The summed E-state index contributed by atoms with van der Waals surface area (Å²) in [5, 5.41) is 12.2. The van der Waals surface area contributed by atoms with Crippen molar-refractivity contribution in [3.63, 3.8) is 0 Å². The van der Waals surface area contributed by atoms with Crippen LogP contribution >= 0.6 is 0 Å². The summed E-state index contributed by atoms with van der Waals surface area (Å²) >= 11 is 0. The molecule has 1 atom stereocenters. The van der Waals surface area contributed by atoms with Gasteiger partial charge in [-0.25, -0.2) is 0 Å². The Hall–Kier alpha value is -3.12. The Balaban J connectivity index is 1.41. The SMILES string of the molecule is O=C(C=Cc1ccc2c(c1)CCO2)Nc1cccc(C(=O)N2CCCCC2CCO)c1. The van der Waals surface area contributed by atoms with E-state index < -0.39 is 0 Å². The monoisotopic (exact) mass is 420 g/mol. The molecule has 2 aromatic rings. The molecule has 31 heavy (non-hydrogen) atoms. The maximum Gasteiger partial charge on any atom is 0.254 e. The van der Waals surface area contributed by atoms with Crippen molar-refractivity contribution in [2.45, 2.75) is 38.1 Å². The zero-order valence-corrected chi connectivity index (χ0v) is 17.5. The van der Waals surface area contributed by atoms with Crippen molar-refractivity contribution in [2.75, 3.05) is 25.1 Å². The number of hydrogen-bond acceptors (Lipinski definition) is 4. The number of nitrogens with zero attached hydrogens (tertiary/aromatic N) is 1. The van der Waals surface area contributed by atoms with Crippen molar-refractivity contribution >= 4 is 23.6 Å². The number of carbonyl (C=O) groups is 2. The molecule has 0 radical (unpaired) electrons. The molecule has 6 heteroatoms. The van der Waals surface area contributed by atoms with Crippen molar-refractivity contribution in [1.29, 1.82) is 0 Å². The van der Waals surface area contributed by atoms with Crippen LogP contribution in [0.2, 0.25) is 0 Å². The lowest BCUT2D eigenvalue weighted by Gasteiger charge is -2.35. The van der Waals surface area contributed by atoms with Crippen LogP contribution in [0.5, 0.6) is 5.75 Å². The van der Waals surface area contributed by atoms with E-state index in [1.54, 1.807) is 30.3 Å². The third-order valence-electron chi connectivity index (χ3n) is 5.87. The van der Waals surface area contributed by atoms with E-state index in [9.17, 15) is 14.7 Å². The van der Waals surface area contributed by atoms with Crippen LogP contribution < -0.4 is 10.1 Å². The number of aliphatic hydroxyl groups excluding tert-OH is 1. The van der Waals surface area contributed by atoms with E-state index in [0.29, 0.717) is 30.8 Å². The number of aliphatic hydroxyl groups is 1. The van der Waals surface area contributed by atoms with Crippen LogP contribution in [-0.2, 0) is 11.2 Å². The summed E-state index contributed by atoms with van der Waals surface area (Å²) < 4.78 is 5.51. The minimum atomic E-state index is -0.252. The number of nitrogens with one attached hydrogen (secondary N) is 1.